The van der Waals surface area contributed by atoms with Gasteiger partial charge in [0.15, 0.2) is 6.39 Å². The average Bonchev–Trinajstić information content (AvgIpc) is 3.07. The van der Waals surface area contributed by atoms with E-state index in [-0.39, 0.29) is 12.1 Å². The minimum atomic E-state index is -0.899. The second-order valence-electron chi connectivity index (χ2n) is 5.20. The Kier molecular flexibility index (Phi) is 4.85. The molecule has 0 aliphatic carbocycles. The monoisotopic (exact) mass is 374 g/mol. The number of ether oxygens (including phenoxy) is 1. The van der Waals surface area contributed by atoms with Gasteiger partial charge in [0, 0.05) is 16.7 Å². The number of benzene rings is 2. The normalized spacial score (nSPS) is 10.8. The van der Waals surface area contributed by atoms with E-state index in [0.717, 1.165) is 0 Å². The minimum Gasteiger partial charge on any atom is -0.481 e. The number of fused-ring (bicyclic) bond motifs is 2. The van der Waals surface area contributed by atoms with E-state index in [0.29, 0.717) is 33.3 Å². The first-order valence-corrected chi connectivity index (χ1v) is 7.67. The number of aliphatic carboxylic acids is 1. The third-order valence-corrected chi connectivity index (χ3v) is 3.77. The van der Waals surface area contributed by atoms with Crippen LogP contribution in [0.25, 0.3) is 11.1 Å². The Labute approximate surface area is 151 Å². The standard InChI is InChI=1S/C12H6ClNO3.C5H5NO3/c13-9-4-2-1-3-8(9)12-10(14(15)16)5-7-6-11(12)17-7;7-5(8)1-4-2-9-3-6-4/h1-6H;2-3H,1H2,(H,7,8). The zero-order valence-electron chi connectivity index (χ0n) is 13.1. The average molecular weight is 375 g/mol. The summed E-state index contributed by atoms with van der Waals surface area (Å²) < 4.78 is 9.82. The number of hydrogen-bond donors (Lipinski definition) is 1. The van der Waals surface area contributed by atoms with Crippen LogP contribution in [0.5, 0.6) is 11.5 Å². The van der Waals surface area contributed by atoms with Crippen LogP contribution in [0.2, 0.25) is 5.02 Å². The molecule has 9 heteroatoms. The van der Waals surface area contributed by atoms with Crippen LogP contribution in [0.15, 0.2) is 53.5 Å². The Hall–Kier alpha value is -3.39. The van der Waals surface area contributed by atoms with Crippen LogP contribution in [0.4, 0.5) is 5.69 Å². The molecule has 0 radical (unpaired) electrons. The van der Waals surface area contributed by atoms with Crippen molar-refractivity contribution < 1.29 is 24.0 Å². The van der Waals surface area contributed by atoms with E-state index in [9.17, 15) is 14.9 Å². The van der Waals surface area contributed by atoms with Crippen molar-refractivity contribution in [2.75, 3.05) is 0 Å². The number of rotatable bonds is 4. The molecule has 2 aliphatic heterocycles. The molecule has 8 nitrogen and oxygen atoms in total. The highest BCUT2D eigenvalue weighted by Gasteiger charge is 2.29. The Morgan fingerprint density at radius 1 is 1.31 bits per heavy atom. The molecule has 2 aromatic carbocycles. The Bertz CT molecular complexity index is 971. The predicted molar refractivity (Wildman–Crippen MR) is 91.5 cm³/mol. The first-order chi connectivity index (χ1) is 12.5. The molecule has 1 N–H and O–H groups in total. The highest BCUT2D eigenvalue weighted by Crippen LogP contribution is 2.50. The number of hydrogen-bond acceptors (Lipinski definition) is 6. The van der Waals surface area contributed by atoms with Crippen LogP contribution >= 0.6 is 11.6 Å². The van der Waals surface area contributed by atoms with Crippen LogP contribution in [0.3, 0.4) is 0 Å². The van der Waals surface area contributed by atoms with Crippen molar-refractivity contribution in [2.24, 2.45) is 0 Å². The summed E-state index contributed by atoms with van der Waals surface area (Å²) in [4.78, 5) is 24.2. The number of carboxylic acid groups (broad SMARTS) is 1. The van der Waals surface area contributed by atoms with Crippen molar-refractivity contribution in [3.63, 3.8) is 0 Å². The van der Waals surface area contributed by atoms with Gasteiger partial charge in [0.05, 0.1) is 23.1 Å². The fourth-order valence-corrected chi connectivity index (χ4v) is 2.57. The van der Waals surface area contributed by atoms with E-state index in [2.05, 4.69) is 9.40 Å². The molecule has 3 aromatic rings. The van der Waals surface area contributed by atoms with Gasteiger partial charge >= 0.3 is 5.97 Å². The lowest BCUT2D eigenvalue weighted by Gasteiger charge is -2.20. The summed E-state index contributed by atoms with van der Waals surface area (Å²) in [6.07, 6.45) is 2.45. The molecule has 0 fully saturated rings. The van der Waals surface area contributed by atoms with Crippen LogP contribution in [0.1, 0.15) is 5.69 Å². The minimum absolute atomic E-state index is 0.0249. The lowest BCUT2D eigenvalue weighted by Crippen LogP contribution is -2.03. The van der Waals surface area contributed by atoms with Gasteiger partial charge in [-0.25, -0.2) is 4.98 Å². The van der Waals surface area contributed by atoms with Gasteiger partial charge < -0.3 is 14.3 Å². The molecular formula is C17H11ClN2O6. The van der Waals surface area contributed by atoms with Crippen molar-refractivity contribution in [3.8, 4) is 22.6 Å². The number of oxazole rings is 1. The number of aromatic nitrogens is 1. The maximum absolute atomic E-state index is 11.0. The highest BCUT2D eigenvalue weighted by molar-refractivity contribution is 6.33. The maximum Gasteiger partial charge on any atom is 0.309 e. The molecule has 3 heterocycles. The first kappa shape index (κ1) is 17.4. The van der Waals surface area contributed by atoms with Crippen molar-refractivity contribution in [1.82, 2.24) is 4.98 Å². The summed E-state index contributed by atoms with van der Waals surface area (Å²) in [7, 11) is 0. The van der Waals surface area contributed by atoms with Gasteiger partial charge in [-0.05, 0) is 6.07 Å². The van der Waals surface area contributed by atoms with Gasteiger partial charge in [0.2, 0.25) is 0 Å². The molecule has 0 saturated carbocycles. The SMILES string of the molecule is O=C(O)Cc1cocn1.O=[N+]([O-])c1cc2cc(c1-c1ccccc1Cl)O2. The molecule has 0 atom stereocenters. The second kappa shape index (κ2) is 7.24. The Morgan fingerprint density at radius 3 is 2.62 bits per heavy atom. The molecule has 0 amide bonds. The van der Waals surface area contributed by atoms with Crippen LogP contribution in [-0.4, -0.2) is 21.0 Å². The van der Waals surface area contributed by atoms with Crippen LogP contribution in [0, 0.1) is 10.1 Å². The van der Waals surface area contributed by atoms with E-state index in [1.54, 1.807) is 30.3 Å². The summed E-state index contributed by atoms with van der Waals surface area (Å²) in [6, 6.07) is 10.2. The second-order valence-corrected chi connectivity index (χ2v) is 5.61. The van der Waals surface area contributed by atoms with Crippen molar-refractivity contribution in [1.29, 1.82) is 0 Å². The van der Waals surface area contributed by atoms with Gasteiger partial charge in [-0.15, -0.1) is 0 Å². The molecule has 0 unspecified atom stereocenters. The topological polar surface area (TPSA) is 116 Å². The number of halogens is 1. The van der Waals surface area contributed by atoms with E-state index in [1.807, 2.05) is 0 Å². The molecule has 1 aromatic heterocycles. The quantitative estimate of drug-likeness (QED) is 0.417. The summed E-state index contributed by atoms with van der Waals surface area (Å²) in [5.41, 5.74) is 1.53. The van der Waals surface area contributed by atoms with E-state index in [4.69, 9.17) is 21.4 Å². The fourth-order valence-electron chi connectivity index (χ4n) is 2.34. The molecule has 0 saturated heterocycles. The predicted octanol–water partition coefficient (Wildman–Crippen LogP) is 4.32. The van der Waals surface area contributed by atoms with Gasteiger partial charge in [-0.1, -0.05) is 29.8 Å². The van der Waals surface area contributed by atoms with Gasteiger partial charge in [-0.3, -0.25) is 14.9 Å². The van der Waals surface area contributed by atoms with E-state index in [1.165, 1.54) is 18.7 Å². The molecule has 2 aliphatic rings. The third-order valence-electron chi connectivity index (χ3n) is 3.44. The smallest absolute Gasteiger partial charge is 0.309 e. The van der Waals surface area contributed by atoms with E-state index >= 15 is 0 Å². The summed E-state index contributed by atoms with van der Waals surface area (Å²) in [5, 5.41) is 19.7. The van der Waals surface area contributed by atoms with Crippen LogP contribution < -0.4 is 4.74 Å². The third kappa shape index (κ3) is 3.65. The molecular weight excluding hydrogens is 364 g/mol. The van der Waals surface area contributed by atoms with Crippen LogP contribution in [-0.2, 0) is 11.2 Å². The number of carboxylic acids is 1. The Balaban J connectivity index is 0.000000185. The lowest BCUT2D eigenvalue weighted by molar-refractivity contribution is -0.384. The summed E-state index contributed by atoms with van der Waals surface area (Å²) >= 11 is 6.05. The van der Waals surface area contributed by atoms with Crippen molar-refractivity contribution >= 4 is 23.3 Å². The van der Waals surface area contributed by atoms with Gasteiger partial charge in [0.25, 0.3) is 5.69 Å². The van der Waals surface area contributed by atoms with Crippen molar-refractivity contribution in [3.05, 3.63) is 69.9 Å². The molecule has 132 valence electrons. The lowest BCUT2D eigenvalue weighted by atomic mass is 10.00. The van der Waals surface area contributed by atoms with Gasteiger partial charge in [-0.2, -0.15) is 0 Å². The highest BCUT2D eigenvalue weighted by atomic mass is 35.5. The largest absolute Gasteiger partial charge is 0.481 e. The van der Waals surface area contributed by atoms with Crippen molar-refractivity contribution in [2.45, 2.75) is 6.42 Å². The summed E-state index contributed by atoms with van der Waals surface area (Å²) in [5.74, 6) is 0.119. The van der Waals surface area contributed by atoms with Gasteiger partial charge in [0.1, 0.15) is 23.3 Å². The first-order valence-electron chi connectivity index (χ1n) is 7.29. The number of nitrogens with zero attached hydrogens (tertiary/aromatic N) is 2. The zero-order valence-corrected chi connectivity index (χ0v) is 13.8. The number of nitro benzene ring substituents is 1. The molecule has 26 heavy (non-hydrogen) atoms. The summed E-state index contributed by atoms with van der Waals surface area (Å²) in [6.45, 7) is 0. The molecule has 2 bridgehead atoms. The zero-order chi connectivity index (χ0) is 18.7. The molecule has 0 spiro atoms. The number of nitro groups is 1. The van der Waals surface area contributed by atoms with E-state index < -0.39 is 10.9 Å². The maximum atomic E-state index is 11.0. The number of carbonyl (C=O) groups is 1. The fraction of sp³-hybridized carbons (Fsp3) is 0.0588. The molecule has 5 rings (SSSR count). The Morgan fingerprint density at radius 2 is 2.04 bits per heavy atom.